The van der Waals surface area contributed by atoms with Crippen molar-refractivity contribution < 1.29 is 22.7 Å². The zero-order valence-corrected chi connectivity index (χ0v) is 28.4. The van der Waals surface area contributed by atoms with Crippen molar-refractivity contribution in [1.29, 1.82) is 0 Å². The molecular formula is C37H39F3N6O2S. The van der Waals surface area contributed by atoms with Crippen molar-refractivity contribution in [2.24, 2.45) is 0 Å². The maximum atomic E-state index is 12.8. The number of para-hydroxylation sites is 1. The van der Waals surface area contributed by atoms with E-state index in [4.69, 9.17) is 0 Å². The van der Waals surface area contributed by atoms with Gasteiger partial charge in [-0.2, -0.15) is 0 Å². The maximum absolute atomic E-state index is 12.8. The molecule has 0 unspecified atom stereocenters. The van der Waals surface area contributed by atoms with Gasteiger partial charge in [-0.25, -0.2) is 14.5 Å². The summed E-state index contributed by atoms with van der Waals surface area (Å²) < 4.78 is 47.7. The third kappa shape index (κ3) is 10.3. The second-order valence-electron chi connectivity index (χ2n) is 11.8. The predicted molar refractivity (Wildman–Crippen MR) is 188 cm³/mol. The first kappa shape index (κ1) is 35.5. The van der Waals surface area contributed by atoms with E-state index >= 15 is 0 Å². The Labute approximate surface area is 288 Å². The van der Waals surface area contributed by atoms with Crippen LogP contribution in [0, 0.1) is 6.92 Å². The number of nitrogens with one attached hydrogen (secondary N) is 3. The normalized spacial score (nSPS) is 11.5. The Morgan fingerprint density at radius 3 is 2.35 bits per heavy atom. The monoisotopic (exact) mass is 688 g/mol. The highest BCUT2D eigenvalue weighted by Crippen LogP contribution is 2.34. The van der Waals surface area contributed by atoms with Crippen molar-refractivity contribution in [2.75, 3.05) is 19.6 Å². The number of halogens is 3. The lowest BCUT2D eigenvalue weighted by molar-refractivity contribution is -0.274. The Hall–Kier alpha value is -4.81. The van der Waals surface area contributed by atoms with Crippen LogP contribution in [0.2, 0.25) is 0 Å². The largest absolute Gasteiger partial charge is 0.573 e. The van der Waals surface area contributed by atoms with Gasteiger partial charge in [0.1, 0.15) is 12.1 Å². The van der Waals surface area contributed by atoms with E-state index in [9.17, 15) is 18.0 Å². The Morgan fingerprint density at radius 2 is 1.61 bits per heavy atom. The van der Waals surface area contributed by atoms with Gasteiger partial charge in [0.25, 0.3) is 0 Å². The van der Waals surface area contributed by atoms with E-state index in [1.54, 1.807) is 59.4 Å². The molecular weight excluding hydrogens is 650 g/mol. The average Bonchev–Trinajstić information content (AvgIpc) is 3.57. The summed E-state index contributed by atoms with van der Waals surface area (Å²) in [5.41, 5.74) is 6.14. The molecule has 4 aromatic carbocycles. The lowest BCUT2D eigenvalue weighted by atomic mass is 10.0. The van der Waals surface area contributed by atoms with Crippen LogP contribution in [-0.2, 0) is 6.42 Å². The van der Waals surface area contributed by atoms with Gasteiger partial charge in [-0.05, 0) is 84.2 Å². The molecule has 0 aliphatic heterocycles. The second kappa shape index (κ2) is 16.5. The molecule has 0 atom stereocenters. The van der Waals surface area contributed by atoms with Crippen LogP contribution in [0.5, 0.6) is 5.75 Å². The number of hydrogen-bond acceptors (Lipinski definition) is 6. The van der Waals surface area contributed by atoms with Gasteiger partial charge >= 0.3 is 12.4 Å². The maximum Gasteiger partial charge on any atom is 0.573 e. The fraction of sp³-hybridized carbons (Fsp3) is 0.270. The number of benzene rings is 4. The molecule has 5 rings (SSSR count). The van der Waals surface area contributed by atoms with Crippen LogP contribution >= 0.6 is 11.9 Å². The molecule has 5 aromatic rings. The Kier molecular flexibility index (Phi) is 12.0. The molecule has 0 bridgehead atoms. The summed E-state index contributed by atoms with van der Waals surface area (Å²) >= 11 is 1.60. The molecule has 256 valence electrons. The van der Waals surface area contributed by atoms with Crippen LogP contribution in [0.3, 0.4) is 0 Å². The highest BCUT2D eigenvalue weighted by molar-refractivity contribution is 7.97. The Balaban J connectivity index is 1.03. The Bertz CT molecular complexity index is 1830. The molecule has 0 spiro atoms. The summed E-state index contributed by atoms with van der Waals surface area (Å²) in [6, 6.07) is 27.3. The summed E-state index contributed by atoms with van der Waals surface area (Å²) in [5.74, 6) is 0.731. The van der Waals surface area contributed by atoms with Gasteiger partial charge in [0.2, 0.25) is 0 Å². The minimum atomic E-state index is -4.78. The van der Waals surface area contributed by atoms with Crippen molar-refractivity contribution in [3.8, 4) is 34.0 Å². The number of hydrogen-bond donors (Lipinski definition) is 3. The smallest absolute Gasteiger partial charge is 0.405 e. The molecule has 0 aliphatic rings. The third-order valence-corrected chi connectivity index (χ3v) is 8.60. The van der Waals surface area contributed by atoms with Crippen LogP contribution in [0.25, 0.3) is 28.2 Å². The van der Waals surface area contributed by atoms with Gasteiger partial charge in [-0.15, -0.1) is 18.3 Å². The number of alkyl halides is 3. The lowest BCUT2D eigenvalue weighted by Crippen LogP contribution is -2.38. The quantitative estimate of drug-likeness (QED) is 0.0801. The SMILES string of the molecule is Cc1ccc(C(C)C)c(SNCCNC(=O)NCCCc2ccc(-c3ncn(-c4ccc(-c5ccccc5OC(F)(F)F)cc4)n3)cc2)c1. The van der Waals surface area contributed by atoms with Crippen molar-refractivity contribution in [3.05, 3.63) is 114 Å². The minimum Gasteiger partial charge on any atom is -0.405 e. The second-order valence-corrected chi connectivity index (χ2v) is 12.7. The van der Waals surface area contributed by atoms with Crippen molar-refractivity contribution in [2.45, 2.75) is 50.8 Å². The zero-order chi connectivity index (χ0) is 34.8. The molecule has 1 heterocycles. The van der Waals surface area contributed by atoms with E-state index in [2.05, 4.69) is 69.1 Å². The molecule has 49 heavy (non-hydrogen) atoms. The van der Waals surface area contributed by atoms with E-state index in [-0.39, 0.29) is 11.8 Å². The number of ether oxygens (including phenoxy) is 1. The number of aromatic nitrogens is 3. The first-order chi connectivity index (χ1) is 23.6. The van der Waals surface area contributed by atoms with Crippen LogP contribution in [0.4, 0.5) is 18.0 Å². The molecule has 8 nitrogen and oxygen atoms in total. The highest BCUT2D eigenvalue weighted by Gasteiger charge is 2.32. The molecule has 3 N–H and O–H groups in total. The number of amides is 2. The summed E-state index contributed by atoms with van der Waals surface area (Å²) in [4.78, 5) is 17.9. The van der Waals surface area contributed by atoms with Gasteiger partial charge < -0.3 is 15.4 Å². The number of aryl methyl sites for hydroxylation is 2. The summed E-state index contributed by atoms with van der Waals surface area (Å²) in [5, 5.41) is 10.4. The van der Waals surface area contributed by atoms with Crippen molar-refractivity contribution in [1.82, 2.24) is 30.1 Å². The van der Waals surface area contributed by atoms with E-state index in [1.807, 2.05) is 24.3 Å². The van der Waals surface area contributed by atoms with Gasteiger partial charge in [0.15, 0.2) is 5.82 Å². The van der Waals surface area contributed by atoms with Gasteiger partial charge in [-0.3, -0.25) is 4.72 Å². The van der Waals surface area contributed by atoms with Crippen LogP contribution in [0.1, 0.15) is 42.9 Å². The van der Waals surface area contributed by atoms with E-state index in [0.29, 0.717) is 48.2 Å². The first-order valence-electron chi connectivity index (χ1n) is 16.0. The third-order valence-electron chi connectivity index (χ3n) is 7.67. The predicted octanol–water partition coefficient (Wildman–Crippen LogP) is 8.46. The fourth-order valence-corrected chi connectivity index (χ4v) is 6.20. The molecule has 1 aromatic heterocycles. The molecule has 0 saturated heterocycles. The standard InChI is InChI=1S/C37H39F3N6O2S/c1-25(2)31-19-10-26(3)23-34(31)49-44-22-21-42-36(47)41-20-6-7-27-11-13-29(14-12-27)35-43-24-46(45-35)30-17-15-28(16-18-30)32-8-4-5-9-33(32)48-37(38,39)40/h4-5,8-19,23-25,44H,6-7,20-22H2,1-3H3,(H2,41,42,47). The average molecular weight is 689 g/mol. The number of urea groups is 1. The van der Waals surface area contributed by atoms with Gasteiger partial charge in [0.05, 0.1) is 5.69 Å². The summed E-state index contributed by atoms with van der Waals surface area (Å²) in [6.45, 7) is 8.18. The van der Waals surface area contributed by atoms with Crippen LogP contribution in [0.15, 0.2) is 102 Å². The first-order valence-corrected chi connectivity index (χ1v) is 16.9. The summed E-state index contributed by atoms with van der Waals surface area (Å²) in [6.07, 6.45) is -1.59. The zero-order valence-electron chi connectivity index (χ0n) is 27.6. The van der Waals surface area contributed by atoms with Gasteiger partial charge in [0, 0.05) is 35.7 Å². The van der Waals surface area contributed by atoms with Gasteiger partial charge in [-0.1, -0.05) is 80.6 Å². The fourth-order valence-electron chi connectivity index (χ4n) is 5.17. The molecule has 12 heteroatoms. The number of carbonyl (C=O) groups excluding carboxylic acids is 1. The molecule has 0 radical (unpaired) electrons. The van der Waals surface area contributed by atoms with Crippen molar-refractivity contribution in [3.63, 3.8) is 0 Å². The number of nitrogens with zero attached hydrogens (tertiary/aromatic N) is 3. The molecule has 0 fully saturated rings. The van der Waals surface area contributed by atoms with Crippen molar-refractivity contribution >= 4 is 18.0 Å². The van der Waals surface area contributed by atoms with E-state index < -0.39 is 6.36 Å². The minimum absolute atomic E-state index is 0.183. The summed E-state index contributed by atoms with van der Waals surface area (Å²) in [7, 11) is 0. The number of carbonyl (C=O) groups is 1. The lowest BCUT2D eigenvalue weighted by Gasteiger charge is -2.14. The molecule has 2 amide bonds. The van der Waals surface area contributed by atoms with E-state index in [1.165, 1.54) is 28.2 Å². The van der Waals surface area contributed by atoms with Crippen LogP contribution < -0.4 is 20.1 Å². The molecule has 0 saturated carbocycles. The highest BCUT2D eigenvalue weighted by atomic mass is 32.2. The molecule has 0 aliphatic carbocycles. The van der Waals surface area contributed by atoms with E-state index in [0.717, 1.165) is 24.0 Å². The van der Waals surface area contributed by atoms with Crippen LogP contribution in [-0.4, -0.2) is 46.8 Å². The Morgan fingerprint density at radius 1 is 0.898 bits per heavy atom. The number of rotatable bonds is 14. The topological polar surface area (TPSA) is 93.1 Å².